The van der Waals surface area contributed by atoms with Crippen molar-refractivity contribution in [2.24, 2.45) is 0 Å². The first-order valence-electron chi connectivity index (χ1n) is 9.00. The summed E-state index contributed by atoms with van der Waals surface area (Å²) in [5.74, 6) is -0.903. The Hall–Kier alpha value is -2.66. The quantitative estimate of drug-likeness (QED) is 0.803. The molecule has 0 fully saturated rings. The summed E-state index contributed by atoms with van der Waals surface area (Å²) in [6.45, 7) is 3.48. The van der Waals surface area contributed by atoms with Gasteiger partial charge in [0.05, 0.1) is 5.56 Å². The van der Waals surface area contributed by atoms with Gasteiger partial charge in [0, 0.05) is 32.6 Å². The first kappa shape index (κ1) is 18.1. The smallest absolute Gasteiger partial charge is 0.335 e. The van der Waals surface area contributed by atoms with Gasteiger partial charge in [-0.25, -0.2) is 4.79 Å². The lowest BCUT2D eigenvalue weighted by atomic mass is 10.00. The summed E-state index contributed by atoms with van der Waals surface area (Å²) in [6, 6.07) is 15.2. The van der Waals surface area contributed by atoms with E-state index in [0.29, 0.717) is 19.4 Å². The maximum Gasteiger partial charge on any atom is 0.335 e. The molecule has 0 aliphatic carbocycles. The number of benzene rings is 2. The number of carboxylic acid groups (broad SMARTS) is 1. The molecule has 2 aromatic rings. The van der Waals surface area contributed by atoms with E-state index < -0.39 is 5.97 Å². The molecule has 26 heavy (non-hydrogen) atoms. The molecule has 0 aromatic heterocycles. The summed E-state index contributed by atoms with van der Waals surface area (Å²) in [6.07, 6.45) is 2.09. The summed E-state index contributed by atoms with van der Waals surface area (Å²) in [7, 11) is 0. The normalized spacial score (nSPS) is 13.8. The molecule has 0 atom stereocenters. The van der Waals surface area contributed by atoms with Gasteiger partial charge >= 0.3 is 5.97 Å². The molecule has 1 amide bonds. The maximum atomic E-state index is 12.0. The molecular formula is C21H24N2O3. The van der Waals surface area contributed by atoms with Crippen LogP contribution in [-0.4, -0.2) is 41.5 Å². The number of amides is 1. The number of carbonyl (C=O) groups is 2. The lowest BCUT2D eigenvalue weighted by molar-refractivity contribution is -0.121. The molecule has 1 aliphatic rings. The molecule has 5 nitrogen and oxygen atoms in total. The number of aryl methyl sites for hydroxylation is 1. The van der Waals surface area contributed by atoms with E-state index in [1.807, 2.05) is 0 Å². The minimum Gasteiger partial charge on any atom is -0.478 e. The summed E-state index contributed by atoms with van der Waals surface area (Å²) in [4.78, 5) is 25.2. The van der Waals surface area contributed by atoms with Crippen LogP contribution in [0.3, 0.4) is 0 Å². The van der Waals surface area contributed by atoms with Gasteiger partial charge in [0.1, 0.15) is 0 Å². The number of hydrogen-bond donors (Lipinski definition) is 2. The van der Waals surface area contributed by atoms with Crippen molar-refractivity contribution >= 4 is 11.9 Å². The lowest BCUT2D eigenvalue weighted by Crippen LogP contribution is -2.37. The zero-order valence-electron chi connectivity index (χ0n) is 14.8. The highest BCUT2D eigenvalue weighted by molar-refractivity contribution is 5.87. The summed E-state index contributed by atoms with van der Waals surface area (Å²) < 4.78 is 0. The first-order chi connectivity index (χ1) is 12.6. The molecule has 1 aliphatic heterocycles. The molecule has 0 spiro atoms. The second-order valence-corrected chi connectivity index (χ2v) is 6.65. The molecule has 0 bridgehead atoms. The Balaban J connectivity index is 1.36. The number of aromatic carboxylic acids is 1. The summed E-state index contributed by atoms with van der Waals surface area (Å²) in [5.41, 5.74) is 4.05. The average Bonchev–Trinajstić information content (AvgIpc) is 2.66. The van der Waals surface area contributed by atoms with Crippen molar-refractivity contribution in [1.82, 2.24) is 10.2 Å². The standard InChI is InChI=1S/C21H24N2O3/c24-20(10-7-16-5-8-18(9-6-16)21(25)26)22-12-14-23-13-11-17-3-1-2-4-19(17)15-23/h1-6,8-9H,7,10-15H2,(H,22,24)(H,25,26). The van der Waals surface area contributed by atoms with Crippen molar-refractivity contribution in [3.8, 4) is 0 Å². The van der Waals surface area contributed by atoms with Gasteiger partial charge in [0.25, 0.3) is 0 Å². The van der Waals surface area contributed by atoms with Crippen LogP contribution in [0.25, 0.3) is 0 Å². The lowest BCUT2D eigenvalue weighted by Gasteiger charge is -2.28. The molecule has 5 heteroatoms. The third-order valence-electron chi connectivity index (χ3n) is 4.80. The number of fused-ring (bicyclic) bond motifs is 1. The molecule has 0 saturated carbocycles. The van der Waals surface area contributed by atoms with Gasteiger partial charge in [-0.1, -0.05) is 36.4 Å². The Kier molecular flexibility index (Phi) is 6.02. The minimum atomic E-state index is -0.936. The van der Waals surface area contributed by atoms with Gasteiger partial charge in [-0.05, 0) is 41.7 Å². The minimum absolute atomic E-state index is 0.0321. The second-order valence-electron chi connectivity index (χ2n) is 6.65. The second kappa shape index (κ2) is 8.63. The van der Waals surface area contributed by atoms with E-state index in [1.165, 1.54) is 11.1 Å². The number of carboxylic acids is 1. The van der Waals surface area contributed by atoms with E-state index in [-0.39, 0.29) is 11.5 Å². The van der Waals surface area contributed by atoms with E-state index in [9.17, 15) is 9.59 Å². The van der Waals surface area contributed by atoms with E-state index >= 15 is 0 Å². The third kappa shape index (κ3) is 4.92. The molecule has 0 saturated heterocycles. The zero-order chi connectivity index (χ0) is 18.4. The number of nitrogens with zero attached hydrogens (tertiary/aromatic N) is 1. The van der Waals surface area contributed by atoms with Gasteiger partial charge < -0.3 is 10.4 Å². The highest BCUT2D eigenvalue weighted by Gasteiger charge is 2.15. The number of nitrogens with one attached hydrogen (secondary N) is 1. The van der Waals surface area contributed by atoms with Crippen molar-refractivity contribution in [2.75, 3.05) is 19.6 Å². The predicted octanol–water partition coefficient (Wildman–Crippen LogP) is 2.49. The van der Waals surface area contributed by atoms with Gasteiger partial charge in [-0.15, -0.1) is 0 Å². The molecule has 0 unspecified atom stereocenters. The highest BCUT2D eigenvalue weighted by Crippen LogP contribution is 2.17. The molecule has 2 N–H and O–H groups in total. The SMILES string of the molecule is O=C(CCc1ccc(C(=O)O)cc1)NCCN1CCc2ccccc2C1. The van der Waals surface area contributed by atoms with Crippen molar-refractivity contribution in [2.45, 2.75) is 25.8 Å². The Morgan fingerprint density at radius 2 is 1.77 bits per heavy atom. The van der Waals surface area contributed by atoms with Crippen LogP contribution in [0.1, 0.15) is 33.5 Å². The van der Waals surface area contributed by atoms with E-state index in [2.05, 4.69) is 34.5 Å². The van der Waals surface area contributed by atoms with Crippen molar-refractivity contribution < 1.29 is 14.7 Å². The molecule has 3 rings (SSSR count). The highest BCUT2D eigenvalue weighted by atomic mass is 16.4. The Bertz CT molecular complexity index is 771. The maximum absolute atomic E-state index is 12.0. The largest absolute Gasteiger partial charge is 0.478 e. The monoisotopic (exact) mass is 352 g/mol. The van der Waals surface area contributed by atoms with Crippen LogP contribution in [-0.2, 0) is 24.2 Å². The fourth-order valence-corrected chi connectivity index (χ4v) is 3.26. The topological polar surface area (TPSA) is 69.6 Å². The molecular weight excluding hydrogens is 328 g/mol. The first-order valence-corrected chi connectivity index (χ1v) is 9.00. The molecule has 1 heterocycles. The van der Waals surface area contributed by atoms with Crippen molar-refractivity contribution in [3.63, 3.8) is 0 Å². The van der Waals surface area contributed by atoms with Crippen LogP contribution in [0.5, 0.6) is 0 Å². The molecule has 2 aromatic carbocycles. The number of hydrogen-bond acceptors (Lipinski definition) is 3. The number of rotatable bonds is 7. The Morgan fingerprint density at radius 1 is 1.04 bits per heavy atom. The molecule has 0 radical (unpaired) electrons. The van der Waals surface area contributed by atoms with Crippen LogP contribution in [0.2, 0.25) is 0 Å². The van der Waals surface area contributed by atoms with E-state index in [4.69, 9.17) is 5.11 Å². The Morgan fingerprint density at radius 3 is 2.50 bits per heavy atom. The van der Waals surface area contributed by atoms with Crippen LogP contribution >= 0.6 is 0 Å². The Labute approximate surface area is 153 Å². The number of carbonyl (C=O) groups excluding carboxylic acids is 1. The average molecular weight is 352 g/mol. The van der Waals surface area contributed by atoms with Crippen molar-refractivity contribution in [1.29, 1.82) is 0 Å². The van der Waals surface area contributed by atoms with Gasteiger partial charge in [0.2, 0.25) is 5.91 Å². The predicted molar refractivity (Wildman–Crippen MR) is 100 cm³/mol. The van der Waals surface area contributed by atoms with Crippen molar-refractivity contribution in [3.05, 3.63) is 70.8 Å². The van der Waals surface area contributed by atoms with E-state index in [1.54, 1.807) is 24.3 Å². The third-order valence-corrected chi connectivity index (χ3v) is 4.80. The summed E-state index contributed by atoms with van der Waals surface area (Å²) in [5, 5.41) is 11.9. The fraction of sp³-hybridized carbons (Fsp3) is 0.333. The molecule has 136 valence electrons. The van der Waals surface area contributed by atoms with Crippen LogP contribution in [0.4, 0.5) is 0 Å². The van der Waals surface area contributed by atoms with Gasteiger partial charge in [-0.3, -0.25) is 9.69 Å². The zero-order valence-corrected chi connectivity index (χ0v) is 14.8. The van der Waals surface area contributed by atoms with Crippen LogP contribution in [0.15, 0.2) is 48.5 Å². The van der Waals surface area contributed by atoms with Gasteiger partial charge in [0.15, 0.2) is 0 Å². The van der Waals surface area contributed by atoms with Gasteiger partial charge in [-0.2, -0.15) is 0 Å². The fourth-order valence-electron chi connectivity index (χ4n) is 3.26. The van der Waals surface area contributed by atoms with E-state index in [0.717, 1.165) is 31.6 Å². The van der Waals surface area contributed by atoms with Crippen LogP contribution in [0, 0.1) is 0 Å². The van der Waals surface area contributed by atoms with Crippen LogP contribution < -0.4 is 5.32 Å². The summed E-state index contributed by atoms with van der Waals surface area (Å²) >= 11 is 0.